The Morgan fingerprint density at radius 2 is 2.21 bits per heavy atom. The maximum absolute atomic E-state index is 5.50. The fraction of sp³-hybridized carbons (Fsp3) is 0.500. The monoisotopic (exact) mass is 213 g/mol. The van der Waals surface area contributed by atoms with Crippen LogP contribution in [0.3, 0.4) is 0 Å². The van der Waals surface area contributed by atoms with Crippen LogP contribution >= 0.6 is 12.6 Å². The second kappa shape index (κ2) is 4.66. The van der Waals surface area contributed by atoms with Gasteiger partial charge in [-0.2, -0.15) is 0 Å². The Hall–Kier alpha value is -0.740. The molecule has 0 aromatic carbocycles. The van der Waals surface area contributed by atoms with E-state index >= 15 is 0 Å². The van der Waals surface area contributed by atoms with Gasteiger partial charge in [0.15, 0.2) is 0 Å². The minimum absolute atomic E-state index is 0.420. The third-order valence-electron chi connectivity index (χ3n) is 1.60. The predicted octanol–water partition coefficient (Wildman–Crippen LogP) is 2.27. The largest absolute Gasteiger partial charge is 0.481 e. The summed E-state index contributed by atoms with van der Waals surface area (Å²) in [6.07, 6.45) is 1.70. The van der Waals surface area contributed by atoms with Crippen molar-refractivity contribution < 1.29 is 9.47 Å². The van der Waals surface area contributed by atoms with Crippen LogP contribution in [0.25, 0.3) is 0 Å². The lowest BCUT2D eigenvalue weighted by atomic mass is 10.3. The Morgan fingerprint density at radius 3 is 2.79 bits per heavy atom. The van der Waals surface area contributed by atoms with Crippen molar-refractivity contribution in [3.63, 3.8) is 0 Å². The van der Waals surface area contributed by atoms with E-state index in [1.165, 1.54) is 0 Å². The highest BCUT2D eigenvalue weighted by atomic mass is 32.1. The molecule has 0 bridgehead atoms. The van der Waals surface area contributed by atoms with E-state index in [2.05, 4.69) is 17.6 Å². The molecule has 0 N–H and O–H groups in total. The molecule has 0 amide bonds. The van der Waals surface area contributed by atoms with Crippen molar-refractivity contribution in [3.05, 3.63) is 23.9 Å². The SMILES string of the molecule is COc1cc(COC(C)(C)S)ccn1. The highest BCUT2D eigenvalue weighted by molar-refractivity contribution is 7.81. The number of hydrogen-bond donors (Lipinski definition) is 1. The molecular formula is C10H15NO2S. The van der Waals surface area contributed by atoms with Crippen LogP contribution in [0.2, 0.25) is 0 Å². The van der Waals surface area contributed by atoms with Gasteiger partial charge >= 0.3 is 0 Å². The molecule has 0 fully saturated rings. The molecule has 3 nitrogen and oxygen atoms in total. The highest BCUT2D eigenvalue weighted by Crippen LogP contribution is 2.17. The maximum atomic E-state index is 5.50. The topological polar surface area (TPSA) is 31.4 Å². The van der Waals surface area contributed by atoms with Crippen LogP contribution in [0, 0.1) is 0 Å². The molecule has 14 heavy (non-hydrogen) atoms. The van der Waals surface area contributed by atoms with Crippen LogP contribution in [0.1, 0.15) is 19.4 Å². The zero-order valence-electron chi connectivity index (χ0n) is 8.65. The summed E-state index contributed by atoms with van der Waals surface area (Å²) in [4.78, 5) is 3.59. The third kappa shape index (κ3) is 3.98. The Kier molecular flexibility index (Phi) is 3.77. The van der Waals surface area contributed by atoms with E-state index in [1.807, 2.05) is 26.0 Å². The van der Waals surface area contributed by atoms with Crippen molar-refractivity contribution in [3.8, 4) is 5.88 Å². The van der Waals surface area contributed by atoms with Gasteiger partial charge in [-0.05, 0) is 25.5 Å². The van der Waals surface area contributed by atoms with E-state index in [0.29, 0.717) is 12.5 Å². The number of thiol groups is 1. The fourth-order valence-electron chi connectivity index (χ4n) is 0.912. The molecule has 1 rings (SSSR count). The first-order valence-electron chi connectivity index (χ1n) is 4.36. The van der Waals surface area contributed by atoms with Crippen LogP contribution < -0.4 is 4.74 Å². The van der Waals surface area contributed by atoms with E-state index in [-0.39, 0.29) is 0 Å². The molecule has 0 unspecified atom stereocenters. The first kappa shape index (κ1) is 11.3. The second-order valence-electron chi connectivity index (χ2n) is 3.44. The summed E-state index contributed by atoms with van der Waals surface area (Å²) in [5.74, 6) is 0.600. The highest BCUT2D eigenvalue weighted by Gasteiger charge is 2.11. The van der Waals surface area contributed by atoms with E-state index in [9.17, 15) is 0 Å². The van der Waals surface area contributed by atoms with E-state index in [0.717, 1.165) is 5.56 Å². The number of aromatic nitrogens is 1. The van der Waals surface area contributed by atoms with Crippen LogP contribution in [0.4, 0.5) is 0 Å². The zero-order valence-corrected chi connectivity index (χ0v) is 9.54. The zero-order chi connectivity index (χ0) is 10.6. The Labute approximate surface area is 89.9 Å². The molecule has 0 atom stereocenters. The molecule has 0 saturated carbocycles. The smallest absolute Gasteiger partial charge is 0.213 e. The van der Waals surface area contributed by atoms with E-state index in [1.54, 1.807) is 13.3 Å². The number of pyridine rings is 1. The minimum atomic E-state index is -0.420. The first-order chi connectivity index (χ1) is 6.51. The van der Waals surface area contributed by atoms with Crippen molar-refractivity contribution in [2.75, 3.05) is 7.11 Å². The van der Waals surface area contributed by atoms with Gasteiger partial charge < -0.3 is 9.47 Å². The maximum Gasteiger partial charge on any atom is 0.213 e. The van der Waals surface area contributed by atoms with Crippen molar-refractivity contribution in [1.29, 1.82) is 0 Å². The first-order valence-corrected chi connectivity index (χ1v) is 4.81. The van der Waals surface area contributed by atoms with Crippen molar-refractivity contribution >= 4 is 12.6 Å². The van der Waals surface area contributed by atoms with Gasteiger partial charge in [0, 0.05) is 12.3 Å². The normalized spacial score (nSPS) is 11.4. The Bertz CT molecular complexity index is 296. The molecular weight excluding hydrogens is 198 g/mol. The standard InChI is InChI=1S/C10H15NO2S/c1-10(2,14)13-7-8-4-5-11-9(6-8)12-3/h4-6,14H,7H2,1-3H3. The Balaban J connectivity index is 2.59. The van der Waals surface area contributed by atoms with Gasteiger partial charge in [0.1, 0.15) is 4.93 Å². The average Bonchev–Trinajstić information content (AvgIpc) is 2.14. The van der Waals surface area contributed by atoms with Crippen LogP contribution in [0.5, 0.6) is 5.88 Å². The minimum Gasteiger partial charge on any atom is -0.481 e. The van der Waals surface area contributed by atoms with Crippen molar-refractivity contribution in [1.82, 2.24) is 4.98 Å². The fourth-order valence-corrected chi connectivity index (χ4v) is 0.976. The van der Waals surface area contributed by atoms with Crippen LogP contribution in [-0.2, 0) is 11.3 Å². The van der Waals surface area contributed by atoms with Crippen molar-refractivity contribution in [2.45, 2.75) is 25.4 Å². The number of methoxy groups -OCH3 is 1. The molecule has 0 aliphatic rings. The lowest BCUT2D eigenvalue weighted by Crippen LogP contribution is -2.15. The van der Waals surface area contributed by atoms with E-state index < -0.39 is 4.93 Å². The molecule has 0 spiro atoms. The summed E-state index contributed by atoms with van der Waals surface area (Å²) in [5, 5.41) is 0. The molecule has 0 saturated heterocycles. The quantitative estimate of drug-likeness (QED) is 0.615. The number of rotatable bonds is 4. The lowest BCUT2D eigenvalue weighted by Gasteiger charge is -2.18. The van der Waals surface area contributed by atoms with Gasteiger partial charge in [-0.3, -0.25) is 0 Å². The van der Waals surface area contributed by atoms with Gasteiger partial charge in [-0.15, -0.1) is 12.6 Å². The Morgan fingerprint density at radius 1 is 1.50 bits per heavy atom. The third-order valence-corrected chi connectivity index (χ3v) is 1.73. The molecule has 0 radical (unpaired) electrons. The summed E-state index contributed by atoms with van der Waals surface area (Å²) in [7, 11) is 1.59. The summed E-state index contributed by atoms with van der Waals surface area (Å²) in [6.45, 7) is 4.30. The number of ether oxygens (including phenoxy) is 2. The summed E-state index contributed by atoms with van der Waals surface area (Å²) >= 11 is 4.26. The van der Waals surface area contributed by atoms with E-state index in [4.69, 9.17) is 9.47 Å². The van der Waals surface area contributed by atoms with Crippen molar-refractivity contribution in [2.24, 2.45) is 0 Å². The van der Waals surface area contributed by atoms with Crippen LogP contribution in [-0.4, -0.2) is 17.0 Å². The summed E-state index contributed by atoms with van der Waals surface area (Å²) in [5.41, 5.74) is 1.03. The molecule has 0 aliphatic heterocycles. The molecule has 4 heteroatoms. The number of hydrogen-bond acceptors (Lipinski definition) is 4. The van der Waals surface area contributed by atoms with Gasteiger partial charge in [-0.1, -0.05) is 0 Å². The van der Waals surface area contributed by atoms with Gasteiger partial charge in [-0.25, -0.2) is 4.98 Å². The molecule has 1 heterocycles. The average molecular weight is 213 g/mol. The predicted molar refractivity (Wildman–Crippen MR) is 58.6 cm³/mol. The summed E-state index contributed by atoms with van der Waals surface area (Å²) < 4.78 is 10.5. The summed E-state index contributed by atoms with van der Waals surface area (Å²) in [6, 6.07) is 3.74. The van der Waals surface area contributed by atoms with Crippen LogP contribution in [0.15, 0.2) is 18.3 Å². The molecule has 1 aromatic rings. The second-order valence-corrected chi connectivity index (χ2v) is 4.52. The lowest BCUT2D eigenvalue weighted by molar-refractivity contribution is 0.0410. The van der Waals surface area contributed by atoms with Gasteiger partial charge in [0.05, 0.1) is 13.7 Å². The molecule has 78 valence electrons. The number of nitrogens with zero attached hydrogens (tertiary/aromatic N) is 1. The molecule has 0 aliphatic carbocycles. The van der Waals surface area contributed by atoms with Gasteiger partial charge in [0.2, 0.25) is 5.88 Å². The van der Waals surface area contributed by atoms with Gasteiger partial charge in [0.25, 0.3) is 0 Å². The molecule has 1 aromatic heterocycles.